The van der Waals surface area contributed by atoms with Gasteiger partial charge in [-0.1, -0.05) is 0 Å². The van der Waals surface area contributed by atoms with Crippen LogP contribution < -0.4 is 5.32 Å². The number of nitrogens with one attached hydrogen (secondary N) is 1. The molecular formula is C12H22N4. The molecule has 0 bridgehead atoms. The highest BCUT2D eigenvalue weighted by Crippen LogP contribution is 2.08. The second-order valence-corrected chi connectivity index (χ2v) is 4.97. The smallest absolute Gasteiger partial charge is 0.0764 e. The lowest BCUT2D eigenvalue weighted by atomic mass is 10.2. The molecule has 4 nitrogen and oxygen atoms in total. The van der Waals surface area contributed by atoms with Gasteiger partial charge in [0.2, 0.25) is 0 Å². The molecule has 1 saturated heterocycles. The number of aromatic nitrogens is 2. The summed E-state index contributed by atoms with van der Waals surface area (Å²) in [5, 5.41) is 8.04. The normalized spacial score (nSPS) is 22.9. The fourth-order valence-corrected chi connectivity index (χ4v) is 2.13. The van der Waals surface area contributed by atoms with Crippen LogP contribution in [0.1, 0.15) is 32.5 Å². The molecule has 1 aromatic rings. The summed E-state index contributed by atoms with van der Waals surface area (Å²) in [7, 11) is 0. The largest absolute Gasteiger partial charge is 0.312 e. The van der Waals surface area contributed by atoms with Crippen LogP contribution in [0.3, 0.4) is 0 Å². The fraction of sp³-hybridized carbons (Fsp3) is 0.750. The molecule has 0 radical (unpaired) electrons. The molecule has 0 aromatic carbocycles. The molecule has 2 heterocycles. The molecule has 16 heavy (non-hydrogen) atoms. The highest BCUT2D eigenvalue weighted by Gasteiger charge is 2.16. The van der Waals surface area contributed by atoms with Crippen LogP contribution in [0.4, 0.5) is 0 Å². The Kier molecular flexibility index (Phi) is 3.61. The zero-order chi connectivity index (χ0) is 11.5. The average molecular weight is 222 g/mol. The topological polar surface area (TPSA) is 33.1 Å². The maximum absolute atomic E-state index is 4.58. The second-order valence-electron chi connectivity index (χ2n) is 4.97. The minimum Gasteiger partial charge on any atom is -0.312 e. The van der Waals surface area contributed by atoms with Gasteiger partial charge in [0.1, 0.15) is 0 Å². The first-order chi connectivity index (χ1) is 7.65. The summed E-state index contributed by atoms with van der Waals surface area (Å²) in [5.74, 6) is 0. The van der Waals surface area contributed by atoms with Crippen molar-refractivity contribution in [2.45, 2.75) is 39.4 Å². The second kappa shape index (κ2) is 4.97. The molecule has 4 heteroatoms. The standard InChI is InChI=1S/C12H22N4/c1-10(2)16-6-4-12(14-16)9-15-7-5-13-11(3)8-15/h4,6,10-11,13H,5,7-9H2,1-3H3/t11-/m1/s1. The van der Waals surface area contributed by atoms with Gasteiger partial charge in [-0.15, -0.1) is 0 Å². The van der Waals surface area contributed by atoms with Gasteiger partial charge < -0.3 is 5.32 Å². The van der Waals surface area contributed by atoms with Crippen molar-refractivity contribution in [2.75, 3.05) is 19.6 Å². The van der Waals surface area contributed by atoms with Crippen LogP contribution in [0.5, 0.6) is 0 Å². The number of rotatable bonds is 3. The molecular weight excluding hydrogens is 200 g/mol. The minimum absolute atomic E-state index is 0.454. The molecule has 0 saturated carbocycles. The molecule has 1 aliphatic rings. The Morgan fingerprint density at radius 3 is 3.00 bits per heavy atom. The summed E-state index contributed by atoms with van der Waals surface area (Å²) in [6.07, 6.45) is 2.08. The van der Waals surface area contributed by atoms with Gasteiger partial charge in [-0.25, -0.2) is 0 Å². The Balaban J connectivity index is 1.92. The molecule has 2 rings (SSSR count). The van der Waals surface area contributed by atoms with E-state index in [1.807, 2.05) is 4.68 Å². The quantitative estimate of drug-likeness (QED) is 0.836. The third-order valence-corrected chi connectivity index (χ3v) is 3.03. The monoisotopic (exact) mass is 222 g/mol. The van der Waals surface area contributed by atoms with Crippen LogP contribution >= 0.6 is 0 Å². The van der Waals surface area contributed by atoms with E-state index >= 15 is 0 Å². The van der Waals surface area contributed by atoms with Crippen LogP contribution in [0, 0.1) is 0 Å². The predicted molar refractivity (Wildman–Crippen MR) is 65.4 cm³/mol. The van der Waals surface area contributed by atoms with E-state index < -0.39 is 0 Å². The van der Waals surface area contributed by atoms with E-state index in [1.54, 1.807) is 0 Å². The fourth-order valence-electron chi connectivity index (χ4n) is 2.13. The first-order valence-electron chi connectivity index (χ1n) is 6.15. The minimum atomic E-state index is 0.454. The van der Waals surface area contributed by atoms with Crippen LogP contribution in [0.25, 0.3) is 0 Å². The SMILES string of the molecule is CC(C)n1ccc(CN2CCN[C@H](C)C2)n1. The Morgan fingerprint density at radius 1 is 1.56 bits per heavy atom. The molecule has 1 aromatic heterocycles. The summed E-state index contributed by atoms with van der Waals surface area (Å²) < 4.78 is 2.03. The Bertz CT molecular complexity index is 332. The van der Waals surface area contributed by atoms with Gasteiger partial charge in [-0.3, -0.25) is 9.58 Å². The summed E-state index contributed by atoms with van der Waals surface area (Å²) in [5.41, 5.74) is 1.18. The average Bonchev–Trinajstić information content (AvgIpc) is 2.66. The zero-order valence-electron chi connectivity index (χ0n) is 10.5. The molecule has 0 aliphatic carbocycles. The van der Waals surface area contributed by atoms with Crippen molar-refractivity contribution in [3.05, 3.63) is 18.0 Å². The number of hydrogen-bond donors (Lipinski definition) is 1. The van der Waals surface area contributed by atoms with Crippen LogP contribution in [0.15, 0.2) is 12.3 Å². The van der Waals surface area contributed by atoms with Crippen molar-refractivity contribution in [3.63, 3.8) is 0 Å². The maximum Gasteiger partial charge on any atom is 0.0764 e. The van der Waals surface area contributed by atoms with E-state index in [-0.39, 0.29) is 0 Å². The van der Waals surface area contributed by atoms with Crippen LogP contribution in [-0.2, 0) is 6.54 Å². The van der Waals surface area contributed by atoms with Gasteiger partial charge in [-0.2, -0.15) is 5.10 Å². The lowest BCUT2D eigenvalue weighted by molar-refractivity contribution is 0.197. The number of nitrogens with zero attached hydrogens (tertiary/aromatic N) is 3. The van der Waals surface area contributed by atoms with Gasteiger partial charge in [0.05, 0.1) is 5.69 Å². The van der Waals surface area contributed by atoms with Crippen LogP contribution in [-0.4, -0.2) is 40.4 Å². The van der Waals surface area contributed by atoms with E-state index in [2.05, 4.69) is 48.3 Å². The van der Waals surface area contributed by atoms with Crippen molar-refractivity contribution >= 4 is 0 Å². The van der Waals surface area contributed by atoms with E-state index in [0.29, 0.717) is 12.1 Å². The van der Waals surface area contributed by atoms with Gasteiger partial charge in [0.15, 0.2) is 0 Å². The van der Waals surface area contributed by atoms with Crippen molar-refractivity contribution < 1.29 is 0 Å². The summed E-state index contributed by atoms with van der Waals surface area (Å²) >= 11 is 0. The third-order valence-electron chi connectivity index (χ3n) is 3.03. The van der Waals surface area contributed by atoms with E-state index in [9.17, 15) is 0 Å². The van der Waals surface area contributed by atoms with Crippen molar-refractivity contribution in [1.82, 2.24) is 20.0 Å². The molecule has 1 fully saturated rings. The molecule has 90 valence electrons. The zero-order valence-corrected chi connectivity index (χ0v) is 10.5. The molecule has 0 unspecified atom stereocenters. The van der Waals surface area contributed by atoms with Crippen LogP contribution in [0.2, 0.25) is 0 Å². The Morgan fingerprint density at radius 2 is 2.38 bits per heavy atom. The summed E-state index contributed by atoms with van der Waals surface area (Å²) in [4.78, 5) is 2.47. The Labute approximate surface area is 97.6 Å². The maximum atomic E-state index is 4.58. The van der Waals surface area contributed by atoms with Gasteiger partial charge in [-0.05, 0) is 26.8 Å². The van der Waals surface area contributed by atoms with Gasteiger partial charge in [0, 0.05) is 44.5 Å². The summed E-state index contributed by atoms with van der Waals surface area (Å²) in [6.45, 7) is 10.9. The van der Waals surface area contributed by atoms with Crippen molar-refractivity contribution in [1.29, 1.82) is 0 Å². The molecule has 0 spiro atoms. The number of piperazine rings is 1. The van der Waals surface area contributed by atoms with Crippen molar-refractivity contribution in [2.24, 2.45) is 0 Å². The first kappa shape index (κ1) is 11.6. The molecule has 1 N–H and O–H groups in total. The Hall–Kier alpha value is -0.870. The predicted octanol–water partition coefficient (Wildman–Crippen LogP) is 1.26. The first-order valence-corrected chi connectivity index (χ1v) is 6.15. The lowest BCUT2D eigenvalue weighted by Gasteiger charge is -2.31. The highest BCUT2D eigenvalue weighted by atomic mass is 15.3. The molecule has 0 amide bonds. The molecule has 1 aliphatic heterocycles. The van der Waals surface area contributed by atoms with Gasteiger partial charge in [0.25, 0.3) is 0 Å². The molecule has 1 atom stereocenters. The van der Waals surface area contributed by atoms with E-state index in [0.717, 1.165) is 26.2 Å². The van der Waals surface area contributed by atoms with E-state index in [1.165, 1.54) is 5.69 Å². The number of hydrogen-bond acceptors (Lipinski definition) is 3. The lowest BCUT2D eigenvalue weighted by Crippen LogP contribution is -2.48. The third kappa shape index (κ3) is 2.83. The van der Waals surface area contributed by atoms with E-state index in [4.69, 9.17) is 0 Å². The van der Waals surface area contributed by atoms with Gasteiger partial charge >= 0.3 is 0 Å². The summed E-state index contributed by atoms with van der Waals surface area (Å²) in [6, 6.07) is 3.18. The van der Waals surface area contributed by atoms with Crippen molar-refractivity contribution in [3.8, 4) is 0 Å². The highest BCUT2D eigenvalue weighted by molar-refractivity contribution is 5.00.